The van der Waals surface area contributed by atoms with Gasteiger partial charge in [0.05, 0.1) is 6.20 Å². The molecule has 0 saturated carbocycles. The van der Waals surface area contributed by atoms with Gasteiger partial charge in [0, 0.05) is 19.2 Å². The van der Waals surface area contributed by atoms with Crippen molar-refractivity contribution in [1.82, 2.24) is 9.78 Å². The first-order valence-corrected chi connectivity index (χ1v) is 5.52. The van der Waals surface area contributed by atoms with Gasteiger partial charge in [-0.1, -0.05) is 26.7 Å². The predicted octanol–water partition coefficient (Wildman–Crippen LogP) is 2.80. The topological polar surface area (TPSA) is 29.9 Å². The summed E-state index contributed by atoms with van der Waals surface area (Å²) in [6.45, 7) is 4.46. The van der Waals surface area contributed by atoms with Crippen LogP contribution in [0.5, 0.6) is 0 Å². The largest absolute Gasteiger partial charge is 0.368 e. The van der Waals surface area contributed by atoms with Crippen LogP contribution in [0.15, 0.2) is 12.3 Å². The maximum absolute atomic E-state index is 4.14. The molecule has 80 valence electrons. The van der Waals surface area contributed by atoms with Gasteiger partial charge in [0.25, 0.3) is 0 Å². The molecule has 0 fully saturated rings. The Morgan fingerprint density at radius 3 is 2.43 bits per heavy atom. The van der Waals surface area contributed by atoms with E-state index in [4.69, 9.17) is 0 Å². The number of aryl methyl sites for hydroxylation is 1. The molecule has 3 heteroatoms. The molecule has 1 N–H and O–H groups in total. The average Bonchev–Trinajstić information content (AvgIpc) is 2.53. The van der Waals surface area contributed by atoms with Gasteiger partial charge in [-0.25, -0.2) is 0 Å². The normalized spacial score (nSPS) is 10.9. The van der Waals surface area contributed by atoms with Crippen molar-refractivity contribution in [1.29, 1.82) is 0 Å². The number of anilines is 1. The fraction of sp³-hybridized carbons (Fsp3) is 0.727. The van der Waals surface area contributed by atoms with Gasteiger partial charge in [0.2, 0.25) is 0 Å². The minimum atomic E-state index is 0.598. The van der Waals surface area contributed by atoms with Crippen LogP contribution in [-0.4, -0.2) is 15.8 Å². The van der Waals surface area contributed by atoms with Gasteiger partial charge in [-0.3, -0.25) is 4.68 Å². The predicted molar refractivity (Wildman–Crippen MR) is 60.4 cm³/mol. The van der Waals surface area contributed by atoms with Crippen molar-refractivity contribution in [2.45, 2.75) is 45.6 Å². The number of aromatic nitrogens is 2. The highest BCUT2D eigenvalue weighted by atomic mass is 15.3. The van der Waals surface area contributed by atoms with E-state index < -0.39 is 0 Å². The Kier molecular flexibility index (Phi) is 4.50. The highest BCUT2D eigenvalue weighted by Gasteiger charge is 2.07. The van der Waals surface area contributed by atoms with E-state index in [0.29, 0.717) is 6.04 Å². The molecule has 0 bridgehead atoms. The molecule has 0 aliphatic rings. The zero-order valence-electron chi connectivity index (χ0n) is 9.45. The lowest BCUT2D eigenvalue weighted by Crippen LogP contribution is -2.20. The monoisotopic (exact) mass is 195 g/mol. The number of hydrogen-bond donors (Lipinski definition) is 1. The summed E-state index contributed by atoms with van der Waals surface area (Å²) in [5.41, 5.74) is 0. The second-order valence-electron chi connectivity index (χ2n) is 3.76. The van der Waals surface area contributed by atoms with Gasteiger partial charge >= 0.3 is 0 Å². The third-order valence-corrected chi connectivity index (χ3v) is 2.45. The van der Waals surface area contributed by atoms with E-state index in [1.54, 1.807) is 0 Å². The third kappa shape index (κ3) is 3.05. The quantitative estimate of drug-likeness (QED) is 0.756. The average molecular weight is 195 g/mol. The third-order valence-electron chi connectivity index (χ3n) is 2.45. The number of nitrogens with one attached hydrogen (secondary N) is 1. The summed E-state index contributed by atoms with van der Waals surface area (Å²) < 4.78 is 1.89. The van der Waals surface area contributed by atoms with Gasteiger partial charge in [-0.05, 0) is 12.8 Å². The molecule has 0 aliphatic carbocycles. The molecular formula is C11H21N3. The van der Waals surface area contributed by atoms with Crippen LogP contribution in [0.3, 0.4) is 0 Å². The minimum Gasteiger partial charge on any atom is -0.368 e. The van der Waals surface area contributed by atoms with Crippen molar-refractivity contribution in [3.8, 4) is 0 Å². The standard InChI is InChI=1S/C11H21N3/c1-4-6-10(7-5-2)13-11-8-9-12-14(11)3/h8-10,13H,4-7H2,1-3H3. The highest BCUT2D eigenvalue weighted by Crippen LogP contribution is 2.12. The van der Waals surface area contributed by atoms with E-state index in [1.165, 1.54) is 25.7 Å². The number of rotatable bonds is 6. The second-order valence-corrected chi connectivity index (χ2v) is 3.76. The van der Waals surface area contributed by atoms with E-state index >= 15 is 0 Å². The maximum atomic E-state index is 4.14. The molecule has 0 aromatic carbocycles. The first-order chi connectivity index (χ1) is 6.77. The zero-order chi connectivity index (χ0) is 10.4. The fourth-order valence-corrected chi connectivity index (χ4v) is 1.71. The molecule has 0 amide bonds. The first kappa shape index (κ1) is 11.1. The van der Waals surface area contributed by atoms with Crippen LogP contribution in [0.1, 0.15) is 39.5 Å². The van der Waals surface area contributed by atoms with E-state index in [2.05, 4.69) is 24.3 Å². The highest BCUT2D eigenvalue weighted by molar-refractivity contribution is 5.34. The summed E-state index contributed by atoms with van der Waals surface area (Å²) in [4.78, 5) is 0. The van der Waals surface area contributed by atoms with E-state index in [-0.39, 0.29) is 0 Å². The Morgan fingerprint density at radius 2 is 2.00 bits per heavy atom. The van der Waals surface area contributed by atoms with Gasteiger partial charge in [-0.15, -0.1) is 0 Å². The summed E-state index contributed by atoms with van der Waals surface area (Å²) in [7, 11) is 1.97. The summed E-state index contributed by atoms with van der Waals surface area (Å²) in [5, 5.41) is 7.67. The van der Waals surface area contributed by atoms with E-state index in [0.717, 1.165) is 5.82 Å². The van der Waals surface area contributed by atoms with Crippen LogP contribution in [0.4, 0.5) is 5.82 Å². The van der Waals surface area contributed by atoms with Crippen molar-refractivity contribution < 1.29 is 0 Å². The van der Waals surface area contributed by atoms with Crippen LogP contribution in [0, 0.1) is 0 Å². The van der Waals surface area contributed by atoms with Gasteiger partial charge in [0.15, 0.2) is 0 Å². The van der Waals surface area contributed by atoms with Crippen molar-refractivity contribution >= 4 is 5.82 Å². The van der Waals surface area contributed by atoms with Crippen LogP contribution >= 0.6 is 0 Å². The van der Waals surface area contributed by atoms with Crippen molar-refractivity contribution in [2.24, 2.45) is 7.05 Å². The van der Waals surface area contributed by atoms with Crippen LogP contribution in [-0.2, 0) is 7.05 Å². The number of nitrogens with zero attached hydrogens (tertiary/aromatic N) is 2. The summed E-state index contributed by atoms with van der Waals surface area (Å²) in [6.07, 6.45) is 6.76. The van der Waals surface area contributed by atoms with Gasteiger partial charge < -0.3 is 5.32 Å². The molecule has 0 radical (unpaired) electrons. The minimum absolute atomic E-state index is 0.598. The number of hydrogen-bond acceptors (Lipinski definition) is 2. The summed E-state index contributed by atoms with van der Waals surface area (Å²) in [5.74, 6) is 1.12. The molecule has 1 rings (SSSR count). The molecule has 0 spiro atoms. The molecule has 14 heavy (non-hydrogen) atoms. The molecule has 1 aromatic rings. The van der Waals surface area contributed by atoms with E-state index in [1.807, 2.05) is 24.0 Å². The smallest absolute Gasteiger partial charge is 0.124 e. The molecule has 1 heterocycles. The van der Waals surface area contributed by atoms with Gasteiger partial charge in [0.1, 0.15) is 5.82 Å². The zero-order valence-corrected chi connectivity index (χ0v) is 9.45. The molecule has 0 aliphatic heterocycles. The Hall–Kier alpha value is -0.990. The van der Waals surface area contributed by atoms with Crippen molar-refractivity contribution in [3.63, 3.8) is 0 Å². The lowest BCUT2D eigenvalue weighted by molar-refractivity contribution is 0.578. The summed E-state index contributed by atoms with van der Waals surface area (Å²) in [6, 6.07) is 2.62. The van der Waals surface area contributed by atoms with Crippen LogP contribution < -0.4 is 5.32 Å². The SMILES string of the molecule is CCCC(CCC)Nc1ccnn1C. The fourth-order valence-electron chi connectivity index (χ4n) is 1.71. The lowest BCUT2D eigenvalue weighted by Gasteiger charge is -2.18. The summed E-state index contributed by atoms with van der Waals surface area (Å²) >= 11 is 0. The molecule has 1 aromatic heterocycles. The Labute approximate surface area is 86.5 Å². The first-order valence-electron chi connectivity index (χ1n) is 5.52. The molecular weight excluding hydrogens is 174 g/mol. The molecule has 0 atom stereocenters. The molecule has 3 nitrogen and oxygen atoms in total. The molecule has 0 saturated heterocycles. The lowest BCUT2D eigenvalue weighted by atomic mass is 10.1. The second kappa shape index (κ2) is 5.68. The molecule has 0 unspecified atom stereocenters. The Morgan fingerprint density at radius 1 is 1.36 bits per heavy atom. The van der Waals surface area contributed by atoms with Crippen LogP contribution in [0.2, 0.25) is 0 Å². The van der Waals surface area contributed by atoms with Crippen molar-refractivity contribution in [3.05, 3.63) is 12.3 Å². The maximum Gasteiger partial charge on any atom is 0.124 e. The Bertz CT molecular complexity index is 249. The van der Waals surface area contributed by atoms with E-state index in [9.17, 15) is 0 Å². The van der Waals surface area contributed by atoms with Gasteiger partial charge in [-0.2, -0.15) is 5.10 Å². The van der Waals surface area contributed by atoms with Crippen LogP contribution in [0.25, 0.3) is 0 Å². The Balaban J connectivity index is 2.50. The van der Waals surface area contributed by atoms with Crippen molar-refractivity contribution in [2.75, 3.05) is 5.32 Å².